The van der Waals surface area contributed by atoms with Crippen LogP contribution in [0, 0.1) is 0 Å². The van der Waals surface area contributed by atoms with Crippen molar-refractivity contribution in [1.82, 2.24) is 14.9 Å². The molecule has 0 unspecified atom stereocenters. The van der Waals surface area contributed by atoms with Crippen molar-refractivity contribution in [3.63, 3.8) is 0 Å². The van der Waals surface area contributed by atoms with Gasteiger partial charge in [0, 0.05) is 24.2 Å². The lowest BCUT2D eigenvalue weighted by Gasteiger charge is -2.03. The molecule has 1 N–H and O–H groups in total. The maximum atomic E-state index is 9.01. The largest absolute Gasteiger partial charge is 0.392 e. The molecular formula is C15H15N3O2. The van der Waals surface area contributed by atoms with Gasteiger partial charge in [0.25, 0.3) is 0 Å². The van der Waals surface area contributed by atoms with Gasteiger partial charge in [-0.05, 0) is 11.1 Å². The molecule has 0 bridgehead atoms. The normalized spacial score (nSPS) is 10.8. The van der Waals surface area contributed by atoms with E-state index in [1.165, 1.54) is 11.1 Å². The summed E-state index contributed by atoms with van der Waals surface area (Å²) < 4.78 is 6.64. The molecule has 102 valence electrons. The van der Waals surface area contributed by atoms with Crippen LogP contribution in [0.4, 0.5) is 0 Å². The van der Waals surface area contributed by atoms with E-state index in [1.54, 1.807) is 12.5 Å². The number of aliphatic hydroxyl groups excluding tert-OH is 1. The molecule has 20 heavy (non-hydrogen) atoms. The molecular weight excluding hydrogens is 254 g/mol. The highest BCUT2D eigenvalue weighted by Gasteiger charge is 2.02. The highest BCUT2D eigenvalue weighted by Crippen LogP contribution is 2.10. The third-order valence-electron chi connectivity index (χ3n) is 3.11. The van der Waals surface area contributed by atoms with E-state index in [2.05, 4.69) is 34.5 Å². The van der Waals surface area contributed by atoms with Gasteiger partial charge in [-0.25, -0.2) is 0 Å². The molecule has 0 aliphatic carbocycles. The lowest BCUT2D eigenvalue weighted by atomic mass is 10.1. The molecule has 0 fully saturated rings. The Morgan fingerprint density at radius 2 is 1.85 bits per heavy atom. The van der Waals surface area contributed by atoms with Gasteiger partial charge in [0.2, 0.25) is 0 Å². The second-order valence-electron chi connectivity index (χ2n) is 4.69. The first-order chi connectivity index (χ1) is 9.83. The Labute approximate surface area is 116 Å². The molecule has 3 aromatic rings. The molecule has 2 heterocycles. The zero-order valence-electron chi connectivity index (χ0n) is 10.9. The monoisotopic (exact) mass is 269 g/mol. The fourth-order valence-corrected chi connectivity index (χ4v) is 2.06. The average molecular weight is 269 g/mol. The second kappa shape index (κ2) is 5.71. The number of hydrogen-bond donors (Lipinski definition) is 1. The molecule has 0 radical (unpaired) electrons. The summed E-state index contributed by atoms with van der Waals surface area (Å²) in [5.41, 5.74) is 4.12. The quantitative estimate of drug-likeness (QED) is 0.769. The van der Waals surface area contributed by atoms with Crippen molar-refractivity contribution in [2.75, 3.05) is 0 Å². The van der Waals surface area contributed by atoms with E-state index in [0.717, 1.165) is 17.7 Å². The maximum absolute atomic E-state index is 9.01. The van der Waals surface area contributed by atoms with Crippen LogP contribution < -0.4 is 0 Å². The van der Waals surface area contributed by atoms with Gasteiger partial charge in [0.05, 0.1) is 25.0 Å². The number of aromatic nitrogens is 3. The smallest absolute Gasteiger partial charge is 0.124 e. The van der Waals surface area contributed by atoms with Crippen molar-refractivity contribution in [3.05, 3.63) is 71.4 Å². The van der Waals surface area contributed by atoms with Crippen LogP contribution in [-0.2, 0) is 19.6 Å². The molecule has 5 heteroatoms. The highest BCUT2D eigenvalue weighted by atomic mass is 16.5. The minimum Gasteiger partial charge on any atom is -0.392 e. The van der Waals surface area contributed by atoms with Gasteiger partial charge in [0.1, 0.15) is 6.26 Å². The Morgan fingerprint density at radius 1 is 1.05 bits per heavy atom. The lowest BCUT2D eigenvalue weighted by molar-refractivity contribution is 0.281. The van der Waals surface area contributed by atoms with Gasteiger partial charge in [-0.3, -0.25) is 4.68 Å². The van der Waals surface area contributed by atoms with E-state index in [0.29, 0.717) is 6.54 Å². The molecule has 0 aliphatic rings. The van der Waals surface area contributed by atoms with Crippen LogP contribution in [0.1, 0.15) is 22.4 Å². The summed E-state index contributed by atoms with van der Waals surface area (Å²) in [6.45, 7) is 0.723. The number of nitrogens with zero attached hydrogens (tertiary/aromatic N) is 3. The van der Waals surface area contributed by atoms with Gasteiger partial charge >= 0.3 is 0 Å². The summed E-state index contributed by atoms with van der Waals surface area (Å²) in [6.07, 6.45) is 5.88. The molecule has 5 nitrogen and oxygen atoms in total. The van der Waals surface area contributed by atoms with Gasteiger partial charge in [0.15, 0.2) is 0 Å². The molecule has 2 aromatic heterocycles. The number of aliphatic hydroxyl groups is 1. The van der Waals surface area contributed by atoms with Crippen molar-refractivity contribution >= 4 is 0 Å². The lowest BCUT2D eigenvalue weighted by Crippen LogP contribution is -2.00. The predicted molar refractivity (Wildman–Crippen MR) is 73.0 cm³/mol. The summed E-state index contributed by atoms with van der Waals surface area (Å²) >= 11 is 0. The zero-order chi connectivity index (χ0) is 13.8. The van der Waals surface area contributed by atoms with Gasteiger partial charge in [-0.2, -0.15) is 5.10 Å². The van der Waals surface area contributed by atoms with E-state index < -0.39 is 0 Å². The maximum Gasteiger partial charge on any atom is 0.124 e. The SMILES string of the molecule is OCc1cnn(Cc2ccc(Cc3ccon3)cc2)c1. The van der Waals surface area contributed by atoms with Crippen molar-refractivity contribution in [2.45, 2.75) is 19.6 Å². The van der Waals surface area contributed by atoms with E-state index >= 15 is 0 Å². The first-order valence-corrected chi connectivity index (χ1v) is 6.43. The fourth-order valence-electron chi connectivity index (χ4n) is 2.06. The zero-order valence-corrected chi connectivity index (χ0v) is 10.9. The van der Waals surface area contributed by atoms with Crippen LogP contribution >= 0.6 is 0 Å². The summed E-state index contributed by atoms with van der Waals surface area (Å²) in [7, 11) is 0. The van der Waals surface area contributed by atoms with Crippen molar-refractivity contribution in [1.29, 1.82) is 0 Å². The van der Waals surface area contributed by atoms with Gasteiger partial charge in [-0.1, -0.05) is 29.4 Å². The predicted octanol–water partition coefficient (Wildman–Crippen LogP) is 2.00. The van der Waals surface area contributed by atoms with Crippen molar-refractivity contribution in [3.8, 4) is 0 Å². The average Bonchev–Trinajstić information content (AvgIpc) is 3.12. The summed E-state index contributed by atoms with van der Waals surface area (Å²) in [6, 6.07) is 10.2. The number of rotatable bonds is 5. The Bertz CT molecular complexity index is 657. The molecule has 0 spiro atoms. The standard InChI is InChI=1S/C15H15N3O2/c19-11-14-8-16-18(10-14)9-13-3-1-12(2-4-13)7-15-5-6-20-17-15/h1-6,8,10,19H,7,9,11H2. The molecule has 1 aromatic carbocycles. The van der Waals surface area contributed by atoms with Crippen molar-refractivity contribution in [2.24, 2.45) is 0 Å². The van der Waals surface area contributed by atoms with Crippen LogP contribution in [0.5, 0.6) is 0 Å². The van der Waals surface area contributed by atoms with Crippen LogP contribution in [0.15, 0.2) is 53.5 Å². The Morgan fingerprint density at radius 3 is 2.50 bits per heavy atom. The summed E-state index contributed by atoms with van der Waals surface area (Å²) in [5, 5.41) is 17.1. The van der Waals surface area contributed by atoms with Gasteiger partial charge < -0.3 is 9.63 Å². The number of benzene rings is 1. The first-order valence-electron chi connectivity index (χ1n) is 6.43. The first kappa shape index (κ1) is 12.6. The molecule has 0 saturated heterocycles. The van der Waals surface area contributed by atoms with Crippen LogP contribution in [0.3, 0.4) is 0 Å². The molecule has 3 rings (SSSR count). The molecule has 0 saturated carbocycles. The second-order valence-corrected chi connectivity index (χ2v) is 4.69. The van der Waals surface area contributed by atoms with E-state index in [1.807, 2.05) is 16.9 Å². The fraction of sp³-hybridized carbons (Fsp3) is 0.200. The topological polar surface area (TPSA) is 64.1 Å². The third-order valence-corrected chi connectivity index (χ3v) is 3.11. The minimum atomic E-state index is 0.0244. The minimum absolute atomic E-state index is 0.0244. The molecule has 0 aliphatic heterocycles. The Balaban J connectivity index is 1.66. The Kier molecular flexibility index (Phi) is 3.60. The third kappa shape index (κ3) is 2.95. The molecule has 0 atom stereocenters. The van der Waals surface area contributed by atoms with E-state index in [4.69, 9.17) is 9.63 Å². The highest BCUT2D eigenvalue weighted by molar-refractivity contribution is 5.26. The van der Waals surface area contributed by atoms with Crippen LogP contribution in [0.2, 0.25) is 0 Å². The summed E-state index contributed by atoms with van der Waals surface area (Å²) in [5.74, 6) is 0. The molecule has 0 amide bonds. The van der Waals surface area contributed by atoms with Crippen molar-refractivity contribution < 1.29 is 9.63 Å². The summed E-state index contributed by atoms with van der Waals surface area (Å²) in [4.78, 5) is 0. The van der Waals surface area contributed by atoms with E-state index in [9.17, 15) is 0 Å². The van der Waals surface area contributed by atoms with Gasteiger partial charge in [-0.15, -0.1) is 0 Å². The number of hydrogen-bond acceptors (Lipinski definition) is 4. The Hall–Kier alpha value is -2.40. The van der Waals surface area contributed by atoms with Crippen LogP contribution in [-0.4, -0.2) is 20.0 Å². The van der Waals surface area contributed by atoms with E-state index in [-0.39, 0.29) is 6.61 Å². The van der Waals surface area contributed by atoms with Crippen LogP contribution in [0.25, 0.3) is 0 Å².